The summed E-state index contributed by atoms with van der Waals surface area (Å²) in [7, 11) is 7.77. The van der Waals surface area contributed by atoms with E-state index in [1.54, 1.807) is 7.05 Å². The molecule has 8 nitrogen and oxygen atoms in total. The summed E-state index contributed by atoms with van der Waals surface area (Å²) in [5.41, 5.74) is 0. The third-order valence-electron chi connectivity index (χ3n) is 6.19. The average Bonchev–Trinajstić information content (AvgIpc) is 2.83. The highest BCUT2D eigenvalue weighted by atomic mass is 16.6. The zero-order valence-corrected chi connectivity index (χ0v) is 24.3. The SMILES string of the molecule is CCCCCC(OC(=O)CCCC(=O)OCC[N+](C)(C)C)C(O)C/C=C\CCCCCCCC(=O)NC. The summed E-state index contributed by atoms with van der Waals surface area (Å²) in [6.45, 7) is 3.22. The van der Waals surface area contributed by atoms with Gasteiger partial charge >= 0.3 is 11.9 Å². The molecule has 1 amide bonds. The summed E-state index contributed by atoms with van der Waals surface area (Å²) >= 11 is 0. The molecule has 2 atom stereocenters. The van der Waals surface area contributed by atoms with Gasteiger partial charge in [-0.15, -0.1) is 0 Å². The molecule has 0 saturated heterocycles. The predicted octanol–water partition coefficient (Wildman–Crippen LogP) is 4.68. The predicted molar refractivity (Wildman–Crippen MR) is 148 cm³/mol. The summed E-state index contributed by atoms with van der Waals surface area (Å²) in [5, 5.41) is 13.3. The van der Waals surface area contributed by atoms with Gasteiger partial charge in [0.25, 0.3) is 0 Å². The van der Waals surface area contributed by atoms with Crippen molar-refractivity contribution in [3.05, 3.63) is 12.2 Å². The number of ether oxygens (including phenoxy) is 2. The Bertz CT molecular complexity index is 645. The number of amides is 1. The Morgan fingerprint density at radius 3 is 2.22 bits per heavy atom. The number of esters is 2. The molecule has 0 radical (unpaired) electrons. The van der Waals surface area contributed by atoms with Crippen molar-refractivity contribution in [1.29, 1.82) is 0 Å². The van der Waals surface area contributed by atoms with Crippen molar-refractivity contribution in [3.8, 4) is 0 Å². The van der Waals surface area contributed by atoms with E-state index in [1.165, 1.54) is 0 Å². The lowest BCUT2D eigenvalue weighted by Crippen LogP contribution is -2.38. The second-order valence-electron chi connectivity index (χ2n) is 10.9. The normalized spacial score (nSPS) is 13.4. The fourth-order valence-corrected chi connectivity index (χ4v) is 3.74. The molecule has 0 aromatic heterocycles. The molecule has 0 aromatic carbocycles. The van der Waals surface area contributed by atoms with Crippen molar-refractivity contribution in [1.82, 2.24) is 5.32 Å². The van der Waals surface area contributed by atoms with Crippen LogP contribution in [0, 0.1) is 0 Å². The van der Waals surface area contributed by atoms with E-state index >= 15 is 0 Å². The van der Waals surface area contributed by atoms with Gasteiger partial charge in [0.1, 0.15) is 19.3 Å². The van der Waals surface area contributed by atoms with Crippen LogP contribution in [0.2, 0.25) is 0 Å². The minimum absolute atomic E-state index is 0.103. The smallest absolute Gasteiger partial charge is 0.306 e. The van der Waals surface area contributed by atoms with E-state index in [2.05, 4.69) is 18.3 Å². The molecule has 0 heterocycles. The number of nitrogens with one attached hydrogen (secondary N) is 1. The molecule has 2 unspecified atom stereocenters. The maximum Gasteiger partial charge on any atom is 0.306 e. The number of rotatable bonds is 23. The highest BCUT2D eigenvalue weighted by Gasteiger charge is 2.22. The standard InChI is InChI=1S/C29H54N2O6/c1-6-7-14-19-26(37-29(35)22-17-21-28(34)36-24-23-31(3,4)5)25(32)18-15-12-10-8-9-11-13-16-20-27(33)30-2/h12,15,25-26,32H,6-11,13-14,16-24H2,1-5H3/p+1/b15-12-. The maximum absolute atomic E-state index is 12.4. The van der Waals surface area contributed by atoms with Crippen LogP contribution < -0.4 is 5.32 Å². The zero-order valence-electron chi connectivity index (χ0n) is 24.3. The molecular formula is C29H55N2O6+. The Hall–Kier alpha value is -1.93. The average molecular weight is 528 g/mol. The number of hydrogen-bond acceptors (Lipinski definition) is 6. The van der Waals surface area contributed by atoms with Crippen molar-refractivity contribution in [2.45, 2.75) is 115 Å². The summed E-state index contributed by atoms with van der Waals surface area (Å²) in [4.78, 5) is 35.4. The number of nitrogens with zero attached hydrogens (tertiary/aromatic N) is 1. The van der Waals surface area contributed by atoms with Gasteiger partial charge in [0, 0.05) is 26.3 Å². The van der Waals surface area contributed by atoms with E-state index in [4.69, 9.17) is 9.47 Å². The molecular weight excluding hydrogens is 472 g/mol. The second kappa shape index (κ2) is 22.1. The first-order valence-electron chi connectivity index (χ1n) is 14.3. The molecule has 37 heavy (non-hydrogen) atoms. The molecule has 0 saturated carbocycles. The Kier molecular flexibility index (Phi) is 20.9. The van der Waals surface area contributed by atoms with Crippen LogP contribution in [0.3, 0.4) is 0 Å². The van der Waals surface area contributed by atoms with Gasteiger partial charge in [0.15, 0.2) is 0 Å². The number of hydrogen-bond donors (Lipinski definition) is 2. The Balaban J connectivity index is 4.24. The topological polar surface area (TPSA) is 102 Å². The molecule has 0 aliphatic rings. The van der Waals surface area contributed by atoms with E-state index < -0.39 is 12.2 Å². The number of aliphatic hydroxyl groups excluding tert-OH is 1. The molecule has 0 bridgehead atoms. The molecule has 0 rings (SSSR count). The lowest BCUT2D eigenvalue weighted by Gasteiger charge is -2.23. The molecule has 8 heteroatoms. The fraction of sp³-hybridized carbons (Fsp3) is 0.828. The van der Waals surface area contributed by atoms with Gasteiger partial charge < -0.3 is 24.4 Å². The first-order chi connectivity index (χ1) is 17.6. The van der Waals surface area contributed by atoms with E-state index in [-0.39, 0.29) is 30.7 Å². The monoisotopic (exact) mass is 527 g/mol. The number of aliphatic hydroxyl groups is 1. The summed E-state index contributed by atoms with van der Waals surface area (Å²) in [5.74, 6) is -0.568. The van der Waals surface area contributed by atoms with Crippen LogP contribution >= 0.6 is 0 Å². The summed E-state index contributed by atoms with van der Waals surface area (Å²) in [6, 6.07) is 0. The Morgan fingerprint density at radius 1 is 0.865 bits per heavy atom. The summed E-state index contributed by atoms with van der Waals surface area (Å²) < 4.78 is 11.6. The number of unbranched alkanes of at least 4 members (excludes halogenated alkanes) is 7. The van der Waals surface area contributed by atoms with Crippen molar-refractivity contribution in [2.24, 2.45) is 0 Å². The molecule has 0 spiro atoms. The Morgan fingerprint density at radius 2 is 1.54 bits per heavy atom. The molecule has 2 N–H and O–H groups in total. The summed E-state index contributed by atoms with van der Waals surface area (Å²) in [6.07, 6.45) is 14.5. The largest absolute Gasteiger partial charge is 0.460 e. The van der Waals surface area contributed by atoms with Crippen LogP contribution in [0.4, 0.5) is 0 Å². The molecule has 0 fully saturated rings. The highest BCUT2D eigenvalue weighted by Crippen LogP contribution is 2.16. The fourth-order valence-electron chi connectivity index (χ4n) is 3.74. The first-order valence-corrected chi connectivity index (χ1v) is 14.3. The van der Waals surface area contributed by atoms with Crippen LogP contribution in [0.25, 0.3) is 0 Å². The molecule has 0 aliphatic carbocycles. The van der Waals surface area contributed by atoms with Crippen molar-refractivity contribution in [2.75, 3.05) is 41.3 Å². The number of quaternary nitrogens is 1. The van der Waals surface area contributed by atoms with Crippen LogP contribution in [0.1, 0.15) is 103 Å². The van der Waals surface area contributed by atoms with Gasteiger partial charge in [0.05, 0.1) is 27.2 Å². The van der Waals surface area contributed by atoms with Gasteiger partial charge in [-0.2, -0.15) is 0 Å². The van der Waals surface area contributed by atoms with Crippen LogP contribution in [0.15, 0.2) is 12.2 Å². The second-order valence-corrected chi connectivity index (χ2v) is 10.9. The van der Waals surface area contributed by atoms with Crippen molar-refractivity contribution >= 4 is 17.8 Å². The van der Waals surface area contributed by atoms with Gasteiger partial charge in [0.2, 0.25) is 5.91 Å². The lowest BCUT2D eigenvalue weighted by atomic mass is 10.0. The highest BCUT2D eigenvalue weighted by molar-refractivity contribution is 5.75. The number of likely N-dealkylation sites (N-methyl/N-ethyl adjacent to an activating group) is 1. The van der Waals surface area contributed by atoms with Crippen LogP contribution in [-0.2, 0) is 23.9 Å². The van der Waals surface area contributed by atoms with E-state index in [9.17, 15) is 19.5 Å². The third kappa shape index (κ3) is 23.0. The minimum atomic E-state index is -0.734. The quantitative estimate of drug-likeness (QED) is 0.0866. The van der Waals surface area contributed by atoms with E-state index in [1.807, 2.05) is 27.2 Å². The molecule has 216 valence electrons. The van der Waals surface area contributed by atoms with Crippen molar-refractivity contribution < 1.29 is 33.4 Å². The Labute approximate surface area is 225 Å². The zero-order chi connectivity index (χ0) is 27.9. The van der Waals surface area contributed by atoms with Crippen molar-refractivity contribution in [3.63, 3.8) is 0 Å². The van der Waals surface area contributed by atoms with Gasteiger partial charge in [-0.3, -0.25) is 14.4 Å². The molecule has 0 aromatic rings. The molecule has 0 aliphatic heterocycles. The third-order valence-corrected chi connectivity index (χ3v) is 6.19. The number of allylic oxidation sites excluding steroid dienone is 1. The number of carbonyl (C=O) groups is 3. The minimum Gasteiger partial charge on any atom is -0.460 e. The first kappa shape index (κ1) is 35.1. The number of carbonyl (C=O) groups excluding carboxylic acids is 3. The van der Waals surface area contributed by atoms with Crippen LogP contribution in [-0.4, -0.2) is 81.0 Å². The van der Waals surface area contributed by atoms with Gasteiger partial charge in [-0.05, 0) is 44.9 Å². The van der Waals surface area contributed by atoms with E-state index in [0.717, 1.165) is 68.8 Å². The lowest BCUT2D eigenvalue weighted by molar-refractivity contribution is -0.870. The van der Waals surface area contributed by atoms with Crippen LogP contribution in [0.5, 0.6) is 0 Å². The van der Waals surface area contributed by atoms with Gasteiger partial charge in [-0.1, -0.05) is 51.2 Å². The van der Waals surface area contributed by atoms with E-state index in [0.29, 0.717) is 32.3 Å². The van der Waals surface area contributed by atoms with Gasteiger partial charge in [-0.25, -0.2) is 0 Å². The maximum atomic E-state index is 12.4.